The molecule has 3 rings (SSSR count). The summed E-state index contributed by atoms with van der Waals surface area (Å²) in [5.41, 5.74) is 0. The van der Waals surface area contributed by atoms with Gasteiger partial charge in [0.2, 0.25) is 15.9 Å². The van der Waals surface area contributed by atoms with E-state index in [0.29, 0.717) is 31.3 Å². The lowest BCUT2D eigenvalue weighted by molar-refractivity contribution is -0.121. The average molecular weight is 414 g/mol. The molecule has 0 spiro atoms. The molecule has 1 amide bonds. The van der Waals surface area contributed by atoms with Crippen molar-refractivity contribution in [1.82, 2.24) is 14.6 Å². The highest BCUT2D eigenvalue weighted by Gasteiger charge is 2.27. The molecule has 1 saturated heterocycles. The van der Waals surface area contributed by atoms with E-state index in [-0.39, 0.29) is 22.1 Å². The van der Waals surface area contributed by atoms with Crippen LogP contribution in [0.5, 0.6) is 0 Å². The maximum Gasteiger partial charge on any atom is 0.244 e. The van der Waals surface area contributed by atoms with Crippen LogP contribution in [0.1, 0.15) is 39.0 Å². The van der Waals surface area contributed by atoms with E-state index in [0.717, 1.165) is 12.8 Å². The number of thioether (sulfide) groups is 1. The fraction of sp³-hybridized carbons (Fsp3) is 0.667. The summed E-state index contributed by atoms with van der Waals surface area (Å²) in [6.45, 7) is 3.39. The summed E-state index contributed by atoms with van der Waals surface area (Å²) in [4.78, 5) is 16.8. The van der Waals surface area contributed by atoms with Gasteiger partial charge < -0.3 is 10.1 Å². The van der Waals surface area contributed by atoms with E-state index in [2.05, 4.69) is 10.3 Å². The minimum absolute atomic E-state index is 0.0127. The average Bonchev–Trinajstić information content (AvgIpc) is 2.70. The quantitative estimate of drug-likeness (QED) is 0.718. The smallest absolute Gasteiger partial charge is 0.244 e. The molecule has 1 saturated carbocycles. The lowest BCUT2D eigenvalue weighted by Gasteiger charge is -2.26. The molecule has 2 fully saturated rings. The van der Waals surface area contributed by atoms with Gasteiger partial charge in [0.05, 0.1) is 23.5 Å². The second kappa shape index (κ2) is 9.36. The molecule has 2 aliphatic rings. The molecule has 9 heteroatoms. The number of hydrogen-bond donors (Lipinski definition) is 1. The van der Waals surface area contributed by atoms with Crippen molar-refractivity contribution in [3.8, 4) is 0 Å². The molecular formula is C18H27N3O4S2. The number of amides is 1. The van der Waals surface area contributed by atoms with Crippen LogP contribution in [0.3, 0.4) is 0 Å². The molecule has 1 aliphatic carbocycles. The molecule has 0 radical (unpaired) electrons. The van der Waals surface area contributed by atoms with E-state index in [1.165, 1.54) is 41.5 Å². The van der Waals surface area contributed by atoms with Gasteiger partial charge in [0.15, 0.2) is 0 Å². The Balaban J connectivity index is 1.57. The van der Waals surface area contributed by atoms with Crippen LogP contribution in [0.15, 0.2) is 28.3 Å². The number of hydrogen-bond acceptors (Lipinski definition) is 6. The normalized spacial score (nSPS) is 20.9. The van der Waals surface area contributed by atoms with E-state index < -0.39 is 10.0 Å². The minimum atomic E-state index is -3.54. The van der Waals surface area contributed by atoms with Crippen LogP contribution >= 0.6 is 11.8 Å². The fourth-order valence-electron chi connectivity index (χ4n) is 3.33. The van der Waals surface area contributed by atoms with Crippen LogP contribution in [0, 0.1) is 0 Å². The number of sulfonamides is 1. The molecule has 1 atom stereocenters. The van der Waals surface area contributed by atoms with Gasteiger partial charge in [0, 0.05) is 25.3 Å². The van der Waals surface area contributed by atoms with Crippen LogP contribution in [-0.2, 0) is 19.6 Å². The number of nitrogens with one attached hydrogen (secondary N) is 1. The van der Waals surface area contributed by atoms with Crippen LogP contribution in [0.4, 0.5) is 0 Å². The van der Waals surface area contributed by atoms with Crippen molar-refractivity contribution in [2.45, 2.75) is 60.2 Å². The summed E-state index contributed by atoms with van der Waals surface area (Å²) >= 11 is 1.34. The van der Waals surface area contributed by atoms with Gasteiger partial charge in [-0.25, -0.2) is 13.4 Å². The zero-order valence-electron chi connectivity index (χ0n) is 15.6. The van der Waals surface area contributed by atoms with Gasteiger partial charge in [-0.15, -0.1) is 0 Å². The van der Waals surface area contributed by atoms with Crippen molar-refractivity contribution in [3.05, 3.63) is 18.3 Å². The molecule has 1 aliphatic heterocycles. The summed E-state index contributed by atoms with van der Waals surface area (Å²) in [7, 11) is -3.54. The summed E-state index contributed by atoms with van der Waals surface area (Å²) in [6, 6.07) is 3.51. The highest BCUT2D eigenvalue weighted by Crippen LogP contribution is 2.25. The number of morpholine rings is 1. The lowest BCUT2D eigenvalue weighted by atomic mass is 9.95. The van der Waals surface area contributed by atoms with Gasteiger partial charge in [0.1, 0.15) is 4.90 Å². The Labute approximate surface area is 165 Å². The number of carbonyl (C=O) groups is 1. The number of nitrogens with zero attached hydrogens (tertiary/aromatic N) is 2. The molecule has 1 N–H and O–H groups in total. The predicted molar refractivity (Wildman–Crippen MR) is 104 cm³/mol. The van der Waals surface area contributed by atoms with E-state index in [4.69, 9.17) is 4.74 Å². The first-order chi connectivity index (χ1) is 13.0. The Morgan fingerprint density at radius 3 is 2.59 bits per heavy atom. The SMILES string of the molecule is C[C@H](Sc1ccc(S(=O)(=O)N2CCOCC2)cn1)C(=O)NC1CCCCC1. The maximum atomic E-state index is 12.6. The summed E-state index contributed by atoms with van der Waals surface area (Å²) < 4.78 is 31.8. The van der Waals surface area contributed by atoms with Crippen LogP contribution < -0.4 is 5.32 Å². The topological polar surface area (TPSA) is 88.6 Å². The van der Waals surface area contributed by atoms with Gasteiger partial charge >= 0.3 is 0 Å². The van der Waals surface area contributed by atoms with E-state index in [1.54, 1.807) is 12.1 Å². The van der Waals surface area contributed by atoms with Gasteiger partial charge in [-0.1, -0.05) is 31.0 Å². The van der Waals surface area contributed by atoms with Crippen molar-refractivity contribution < 1.29 is 17.9 Å². The molecule has 1 aromatic heterocycles. The van der Waals surface area contributed by atoms with Gasteiger partial charge in [-0.2, -0.15) is 4.31 Å². The van der Waals surface area contributed by atoms with Gasteiger partial charge in [0.25, 0.3) is 0 Å². The Hall–Kier alpha value is -1.16. The summed E-state index contributed by atoms with van der Waals surface area (Å²) in [5, 5.41) is 3.48. The van der Waals surface area contributed by atoms with Crippen molar-refractivity contribution in [2.75, 3.05) is 26.3 Å². The number of pyridine rings is 1. The minimum Gasteiger partial charge on any atom is -0.379 e. The maximum absolute atomic E-state index is 12.6. The predicted octanol–water partition coefficient (Wildman–Crippen LogP) is 2.03. The summed E-state index contributed by atoms with van der Waals surface area (Å²) in [6.07, 6.45) is 7.07. The van der Waals surface area contributed by atoms with Crippen molar-refractivity contribution in [2.24, 2.45) is 0 Å². The molecule has 0 aromatic carbocycles. The highest BCUT2D eigenvalue weighted by atomic mass is 32.2. The molecule has 150 valence electrons. The molecular weight excluding hydrogens is 386 g/mol. The number of aromatic nitrogens is 1. The number of carbonyl (C=O) groups excluding carboxylic acids is 1. The van der Waals surface area contributed by atoms with Gasteiger partial charge in [-0.3, -0.25) is 4.79 Å². The third kappa shape index (κ3) is 5.43. The monoisotopic (exact) mass is 413 g/mol. The van der Waals surface area contributed by atoms with Crippen molar-refractivity contribution >= 4 is 27.7 Å². The third-order valence-corrected chi connectivity index (χ3v) is 7.87. The molecule has 0 unspecified atom stereocenters. The zero-order chi connectivity index (χ0) is 19.3. The van der Waals surface area contributed by atoms with Crippen LogP contribution in [-0.4, -0.2) is 61.2 Å². The Kier molecular flexibility index (Phi) is 7.13. The number of ether oxygens (including phenoxy) is 1. The summed E-state index contributed by atoms with van der Waals surface area (Å²) in [5.74, 6) is 0.0127. The van der Waals surface area contributed by atoms with E-state index in [1.807, 2.05) is 6.92 Å². The van der Waals surface area contributed by atoms with Crippen molar-refractivity contribution in [3.63, 3.8) is 0 Å². The Morgan fingerprint density at radius 1 is 1.26 bits per heavy atom. The Bertz CT molecular complexity index is 727. The number of rotatable bonds is 6. The van der Waals surface area contributed by atoms with E-state index >= 15 is 0 Å². The first-order valence-corrected chi connectivity index (χ1v) is 11.8. The van der Waals surface area contributed by atoms with Gasteiger partial charge in [-0.05, 0) is 31.9 Å². The highest BCUT2D eigenvalue weighted by molar-refractivity contribution is 8.00. The second-order valence-electron chi connectivity index (χ2n) is 6.95. The molecule has 1 aromatic rings. The fourth-order valence-corrected chi connectivity index (χ4v) is 5.48. The third-order valence-electron chi connectivity index (χ3n) is 4.94. The lowest BCUT2D eigenvalue weighted by Crippen LogP contribution is -2.40. The first-order valence-electron chi connectivity index (χ1n) is 9.48. The first kappa shape index (κ1) is 20.6. The Morgan fingerprint density at radius 2 is 1.96 bits per heavy atom. The molecule has 27 heavy (non-hydrogen) atoms. The van der Waals surface area contributed by atoms with E-state index in [9.17, 15) is 13.2 Å². The van der Waals surface area contributed by atoms with Crippen LogP contribution in [0.25, 0.3) is 0 Å². The molecule has 2 heterocycles. The van der Waals surface area contributed by atoms with Crippen molar-refractivity contribution in [1.29, 1.82) is 0 Å². The zero-order valence-corrected chi connectivity index (χ0v) is 17.2. The van der Waals surface area contributed by atoms with Crippen LogP contribution in [0.2, 0.25) is 0 Å². The molecule has 7 nitrogen and oxygen atoms in total. The molecule has 0 bridgehead atoms. The second-order valence-corrected chi connectivity index (χ2v) is 10.3. The largest absolute Gasteiger partial charge is 0.379 e. The standard InChI is InChI=1S/C18H27N3O4S2/c1-14(18(22)20-15-5-3-2-4-6-15)26-17-8-7-16(13-19-17)27(23,24)21-9-11-25-12-10-21/h7-8,13-15H,2-6,9-12H2,1H3,(H,20,22)/t14-/m0/s1.